The molecule has 124 valence electrons. The number of carbonyl (C=O) groups is 1. The monoisotopic (exact) mass is 392 g/mol. The van der Waals surface area contributed by atoms with Gasteiger partial charge in [0.1, 0.15) is 0 Å². The molecule has 3 aromatic rings. The summed E-state index contributed by atoms with van der Waals surface area (Å²) >= 11 is 3.43. The molecule has 0 fully saturated rings. The molecular weight excluding hydrogens is 376 g/mol. The van der Waals surface area contributed by atoms with Gasteiger partial charge in [-0.05, 0) is 34.9 Å². The van der Waals surface area contributed by atoms with Crippen molar-refractivity contribution in [2.75, 3.05) is 0 Å². The maximum atomic E-state index is 12.3. The van der Waals surface area contributed by atoms with Crippen molar-refractivity contribution in [1.82, 2.24) is 0 Å². The molecule has 3 rings (SSSR count). The van der Waals surface area contributed by atoms with Crippen LogP contribution in [0.4, 0.5) is 0 Å². The van der Waals surface area contributed by atoms with Gasteiger partial charge < -0.3 is 4.74 Å². The fraction of sp³-hybridized carbons (Fsp3) is 0.0455. The van der Waals surface area contributed by atoms with Gasteiger partial charge >= 0.3 is 5.97 Å². The lowest BCUT2D eigenvalue weighted by atomic mass is 10.0. The number of ether oxygens (including phenoxy) is 1. The lowest BCUT2D eigenvalue weighted by Gasteiger charge is -2.18. The highest BCUT2D eigenvalue weighted by Gasteiger charge is 2.17. The predicted octanol–water partition coefficient (Wildman–Crippen LogP) is 5.80. The average Bonchev–Trinajstić information content (AvgIpc) is 2.67. The minimum Gasteiger partial charge on any atom is -0.449 e. The minimum atomic E-state index is -0.442. The normalized spacial score (nSPS) is 12.0. The summed E-state index contributed by atoms with van der Waals surface area (Å²) in [5, 5.41) is 0. The molecule has 0 aliphatic heterocycles. The van der Waals surface area contributed by atoms with Crippen molar-refractivity contribution in [3.63, 3.8) is 0 Å². The van der Waals surface area contributed by atoms with E-state index >= 15 is 0 Å². The van der Waals surface area contributed by atoms with Crippen LogP contribution in [0.3, 0.4) is 0 Å². The number of halogens is 1. The summed E-state index contributed by atoms with van der Waals surface area (Å²) in [5.41, 5.74) is 2.82. The molecule has 0 radical (unpaired) electrons. The molecule has 0 bridgehead atoms. The Hall–Kier alpha value is -2.65. The Labute approximate surface area is 155 Å². The van der Waals surface area contributed by atoms with Crippen molar-refractivity contribution in [3.8, 4) is 0 Å². The molecule has 0 aliphatic carbocycles. The van der Waals surface area contributed by atoms with Crippen LogP contribution in [-0.4, -0.2) is 5.97 Å². The predicted molar refractivity (Wildman–Crippen MR) is 104 cm³/mol. The largest absolute Gasteiger partial charge is 0.449 e. The molecule has 0 aliphatic rings. The Morgan fingerprint density at radius 2 is 1.36 bits per heavy atom. The Kier molecular flexibility index (Phi) is 5.81. The number of hydrogen-bond donors (Lipinski definition) is 0. The van der Waals surface area contributed by atoms with E-state index in [0.717, 1.165) is 21.2 Å². The summed E-state index contributed by atoms with van der Waals surface area (Å²) in [5.74, 6) is -0.374. The number of rotatable bonds is 5. The number of esters is 1. The molecule has 0 saturated heterocycles. The molecule has 3 heteroatoms. The summed E-state index contributed by atoms with van der Waals surface area (Å²) in [7, 11) is 0. The van der Waals surface area contributed by atoms with Gasteiger partial charge in [0.2, 0.25) is 0 Å². The fourth-order valence-corrected chi connectivity index (χ4v) is 2.74. The van der Waals surface area contributed by atoms with Crippen molar-refractivity contribution >= 4 is 28.0 Å². The van der Waals surface area contributed by atoms with E-state index in [1.807, 2.05) is 84.9 Å². The van der Waals surface area contributed by atoms with Crippen molar-refractivity contribution in [1.29, 1.82) is 0 Å². The van der Waals surface area contributed by atoms with E-state index in [-0.39, 0.29) is 5.97 Å². The van der Waals surface area contributed by atoms with Gasteiger partial charge in [-0.15, -0.1) is 0 Å². The van der Waals surface area contributed by atoms with E-state index in [2.05, 4.69) is 15.9 Å². The molecule has 1 atom stereocenters. The third kappa shape index (κ3) is 4.91. The van der Waals surface area contributed by atoms with Gasteiger partial charge in [0.05, 0.1) is 0 Å². The van der Waals surface area contributed by atoms with Gasteiger partial charge in [-0.3, -0.25) is 0 Å². The highest BCUT2D eigenvalue weighted by atomic mass is 79.9. The molecule has 0 amide bonds. The van der Waals surface area contributed by atoms with E-state index in [9.17, 15) is 4.79 Å². The SMILES string of the molecule is O=C(/C=C\c1ccccc1)OC(c1ccccc1)c1ccc(Br)cc1. The molecule has 25 heavy (non-hydrogen) atoms. The van der Waals surface area contributed by atoms with E-state index in [1.165, 1.54) is 6.08 Å². The first-order valence-corrected chi connectivity index (χ1v) is 8.76. The minimum absolute atomic E-state index is 0.374. The van der Waals surface area contributed by atoms with Gasteiger partial charge in [-0.25, -0.2) is 4.79 Å². The first-order chi connectivity index (χ1) is 12.2. The molecule has 0 heterocycles. The molecule has 1 unspecified atom stereocenters. The highest BCUT2D eigenvalue weighted by Crippen LogP contribution is 2.27. The van der Waals surface area contributed by atoms with Crippen LogP contribution in [0.25, 0.3) is 6.08 Å². The van der Waals surface area contributed by atoms with Crippen LogP contribution in [0.5, 0.6) is 0 Å². The van der Waals surface area contributed by atoms with Crippen molar-refractivity contribution < 1.29 is 9.53 Å². The van der Waals surface area contributed by atoms with Crippen LogP contribution < -0.4 is 0 Å². The Morgan fingerprint density at radius 3 is 2.00 bits per heavy atom. The number of carbonyl (C=O) groups excluding carboxylic acids is 1. The smallest absolute Gasteiger partial charge is 0.331 e. The first kappa shape index (κ1) is 17.2. The average molecular weight is 393 g/mol. The summed E-state index contributed by atoms with van der Waals surface area (Å²) in [6.07, 6.45) is 2.78. The lowest BCUT2D eigenvalue weighted by Crippen LogP contribution is -2.10. The Morgan fingerprint density at radius 1 is 0.800 bits per heavy atom. The second kappa shape index (κ2) is 8.45. The third-order valence-electron chi connectivity index (χ3n) is 3.72. The molecule has 0 aromatic heterocycles. The van der Waals surface area contributed by atoms with E-state index in [1.54, 1.807) is 6.08 Å². The summed E-state index contributed by atoms with van der Waals surface area (Å²) in [4.78, 5) is 12.3. The van der Waals surface area contributed by atoms with Gasteiger partial charge in [-0.1, -0.05) is 88.7 Å². The second-order valence-corrected chi connectivity index (χ2v) is 6.44. The maximum Gasteiger partial charge on any atom is 0.331 e. The molecule has 0 spiro atoms. The Balaban J connectivity index is 1.81. The van der Waals surface area contributed by atoms with E-state index in [4.69, 9.17) is 4.74 Å². The summed E-state index contributed by atoms with van der Waals surface area (Å²) < 4.78 is 6.73. The summed E-state index contributed by atoms with van der Waals surface area (Å²) in [6, 6.07) is 27.2. The van der Waals surface area contributed by atoms with Crippen LogP contribution in [0.15, 0.2) is 95.5 Å². The van der Waals surface area contributed by atoms with Gasteiger partial charge in [0, 0.05) is 10.5 Å². The standard InChI is InChI=1S/C22H17BrO2/c23-20-14-12-19(13-15-20)22(18-9-5-2-6-10-18)25-21(24)16-11-17-7-3-1-4-8-17/h1-16,22H/b16-11-. The van der Waals surface area contributed by atoms with Gasteiger partial charge in [-0.2, -0.15) is 0 Å². The van der Waals surface area contributed by atoms with Gasteiger partial charge in [0.15, 0.2) is 6.10 Å². The van der Waals surface area contributed by atoms with Crippen LogP contribution >= 0.6 is 15.9 Å². The highest BCUT2D eigenvalue weighted by molar-refractivity contribution is 9.10. The van der Waals surface area contributed by atoms with Crippen molar-refractivity contribution in [2.24, 2.45) is 0 Å². The second-order valence-electron chi connectivity index (χ2n) is 5.52. The molecule has 2 nitrogen and oxygen atoms in total. The van der Waals surface area contributed by atoms with E-state index in [0.29, 0.717) is 0 Å². The quantitative estimate of drug-likeness (QED) is 0.405. The third-order valence-corrected chi connectivity index (χ3v) is 4.25. The lowest BCUT2D eigenvalue weighted by molar-refractivity contribution is -0.141. The van der Waals surface area contributed by atoms with Crippen molar-refractivity contribution in [3.05, 3.63) is 112 Å². The van der Waals surface area contributed by atoms with Gasteiger partial charge in [0.25, 0.3) is 0 Å². The Bertz CT molecular complexity index is 840. The van der Waals surface area contributed by atoms with Crippen LogP contribution in [0, 0.1) is 0 Å². The molecule has 0 saturated carbocycles. The van der Waals surface area contributed by atoms with Crippen LogP contribution in [0.2, 0.25) is 0 Å². The fourth-order valence-electron chi connectivity index (χ4n) is 2.48. The topological polar surface area (TPSA) is 26.3 Å². The van der Waals surface area contributed by atoms with Crippen LogP contribution in [0.1, 0.15) is 22.8 Å². The van der Waals surface area contributed by atoms with E-state index < -0.39 is 6.10 Å². The zero-order chi connectivity index (χ0) is 17.5. The first-order valence-electron chi connectivity index (χ1n) is 7.96. The molecular formula is C22H17BrO2. The van der Waals surface area contributed by atoms with Crippen molar-refractivity contribution in [2.45, 2.75) is 6.10 Å². The summed E-state index contributed by atoms with van der Waals surface area (Å²) in [6.45, 7) is 0. The molecule has 3 aromatic carbocycles. The zero-order valence-corrected chi connectivity index (χ0v) is 15.1. The molecule has 0 N–H and O–H groups in total. The van der Waals surface area contributed by atoms with Crippen LogP contribution in [-0.2, 0) is 9.53 Å². The number of hydrogen-bond acceptors (Lipinski definition) is 2. The maximum absolute atomic E-state index is 12.3. The number of benzene rings is 3. The zero-order valence-electron chi connectivity index (χ0n) is 13.5.